The Morgan fingerprint density at radius 2 is 1.93 bits per heavy atom. The normalized spacial score (nSPS) is 24.1. The average Bonchev–Trinajstić information content (AvgIpc) is 3.14. The number of piperidine rings is 1. The second-order valence-corrected chi connectivity index (χ2v) is 8.24. The van der Waals surface area contributed by atoms with Crippen LogP contribution in [0.5, 0.6) is 0 Å². The first-order chi connectivity index (χ1) is 14.0. The molecule has 3 rings (SSSR count). The van der Waals surface area contributed by atoms with Crippen LogP contribution in [-0.2, 0) is 11.3 Å². The number of hydrogen-bond acceptors (Lipinski definition) is 4. The van der Waals surface area contributed by atoms with Crippen LogP contribution in [-0.4, -0.2) is 66.6 Å². The van der Waals surface area contributed by atoms with E-state index in [2.05, 4.69) is 27.4 Å². The van der Waals surface area contributed by atoms with E-state index in [0.29, 0.717) is 24.7 Å². The Morgan fingerprint density at radius 1 is 1.17 bits per heavy atom. The number of benzene rings is 1. The van der Waals surface area contributed by atoms with Crippen molar-refractivity contribution in [1.29, 1.82) is 0 Å². The van der Waals surface area contributed by atoms with E-state index < -0.39 is 11.6 Å². The SMILES string of the molecule is CCCN1CCC(N2C[C@@H](NCc3ccc(F)c(F)c3)C[C@H]2C(=O)NCC)CC1. The van der Waals surface area contributed by atoms with Crippen molar-refractivity contribution in [2.75, 3.05) is 32.7 Å². The van der Waals surface area contributed by atoms with Gasteiger partial charge >= 0.3 is 0 Å². The maximum atomic E-state index is 13.5. The summed E-state index contributed by atoms with van der Waals surface area (Å²) in [7, 11) is 0. The summed E-state index contributed by atoms with van der Waals surface area (Å²) >= 11 is 0. The molecule has 1 amide bonds. The third-order valence-electron chi connectivity index (χ3n) is 6.14. The molecule has 2 fully saturated rings. The monoisotopic (exact) mass is 408 g/mol. The Hall–Kier alpha value is -1.57. The van der Waals surface area contributed by atoms with E-state index in [4.69, 9.17) is 0 Å². The van der Waals surface area contributed by atoms with E-state index in [1.165, 1.54) is 12.5 Å². The van der Waals surface area contributed by atoms with Gasteiger partial charge in [-0.1, -0.05) is 13.0 Å². The van der Waals surface area contributed by atoms with Gasteiger partial charge in [0.2, 0.25) is 5.91 Å². The maximum Gasteiger partial charge on any atom is 0.237 e. The Morgan fingerprint density at radius 3 is 2.59 bits per heavy atom. The van der Waals surface area contributed by atoms with Gasteiger partial charge in [-0.15, -0.1) is 0 Å². The second-order valence-electron chi connectivity index (χ2n) is 8.24. The van der Waals surface area contributed by atoms with Crippen LogP contribution in [0, 0.1) is 11.6 Å². The highest BCUT2D eigenvalue weighted by atomic mass is 19.2. The van der Waals surface area contributed by atoms with Crippen LogP contribution in [0.1, 0.15) is 45.1 Å². The van der Waals surface area contributed by atoms with Gasteiger partial charge in [-0.2, -0.15) is 0 Å². The first-order valence-electron chi connectivity index (χ1n) is 10.9. The van der Waals surface area contributed by atoms with Gasteiger partial charge in [-0.25, -0.2) is 8.78 Å². The third kappa shape index (κ3) is 5.74. The lowest BCUT2D eigenvalue weighted by molar-refractivity contribution is -0.126. The molecule has 29 heavy (non-hydrogen) atoms. The highest BCUT2D eigenvalue weighted by Crippen LogP contribution is 2.27. The van der Waals surface area contributed by atoms with Crippen molar-refractivity contribution in [3.05, 3.63) is 35.4 Å². The van der Waals surface area contributed by atoms with Gasteiger partial charge in [0, 0.05) is 31.7 Å². The second kappa shape index (κ2) is 10.5. The predicted molar refractivity (Wildman–Crippen MR) is 111 cm³/mol. The van der Waals surface area contributed by atoms with Crippen molar-refractivity contribution < 1.29 is 13.6 Å². The van der Waals surface area contributed by atoms with Crippen molar-refractivity contribution in [3.63, 3.8) is 0 Å². The number of carbonyl (C=O) groups excluding carboxylic acids is 1. The number of rotatable bonds is 8. The van der Waals surface area contributed by atoms with Gasteiger partial charge in [0.1, 0.15) is 0 Å². The number of carbonyl (C=O) groups is 1. The summed E-state index contributed by atoms with van der Waals surface area (Å²) in [4.78, 5) is 17.6. The Labute approximate surface area is 172 Å². The zero-order valence-corrected chi connectivity index (χ0v) is 17.6. The van der Waals surface area contributed by atoms with Gasteiger partial charge in [0.25, 0.3) is 0 Å². The molecule has 0 saturated carbocycles. The molecule has 7 heteroatoms. The van der Waals surface area contributed by atoms with E-state index in [-0.39, 0.29) is 18.0 Å². The molecule has 162 valence electrons. The van der Waals surface area contributed by atoms with Gasteiger partial charge in [-0.05, 0) is 69.9 Å². The van der Waals surface area contributed by atoms with Gasteiger partial charge in [0.05, 0.1) is 6.04 Å². The van der Waals surface area contributed by atoms with Crippen LogP contribution >= 0.6 is 0 Å². The van der Waals surface area contributed by atoms with Crippen LogP contribution in [0.2, 0.25) is 0 Å². The molecule has 1 aromatic rings. The molecule has 0 spiro atoms. The maximum absolute atomic E-state index is 13.5. The molecule has 2 aliphatic rings. The van der Waals surface area contributed by atoms with Gasteiger partial charge in [-0.3, -0.25) is 9.69 Å². The van der Waals surface area contributed by atoms with Crippen LogP contribution < -0.4 is 10.6 Å². The highest BCUT2D eigenvalue weighted by Gasteiger charge is 2.40. The van der Waals surface area contributed by atoms with Crippen molar-refractivity contribution in [3.8, 4) is 0 Å². The molecule has 2 aliphatic heterocycles. The summed E-state index contributed by atoms with van der Waals surface area (Å²) in [5.74, 6) is -1.55. The number of likely N-dealkylation sites (N-methyl/N-ethyl adjacent to an activating group) is 1. The minimum Gasteiger partial charge on any atom is -0.355 e. The standard InChI is InChI=1S/C22H34F2N4O/c1-3-9-27-10-7-18(8-11-27)28-15-17(13-21(28)22(29)25-4-2)26-14-16-5-6-19(23)20(24)12-16/h5-6,12,17-18,21,26H,3-4,7-11,13-15H2,1-2H3,(H,25,29)/t17-,21-/m0/s1. The lowest BCUT2D eigenvalue weighted by atomic mass is 10.0. The smallest absolute Gasteiger partial charge is 0.237 e. The van der Waals surface area contributed by atoms with E-state index in [1.807, 2.05) is 6.92 Å². The summed E-state index contributed by atoms with van der Waals surface area (Å²) in [6.45, 7) is 9.38. The molecular weight excluding hydrogens is 374 g/mol. The summed E-state index contributed by atoms with van der Waals surface area (Å²) < 4.78 is 26.6. The Balaban J connectivity index is 1.60. The molecule has 2 heterocycles. The zero-order chi connectivity index (χ0) is 20.8. The van der Waals surface area contributed by atoms with Crippen molar-refractivity contribution in [2.24, 2.45) is 0 Å². The molecule has 2 atom stereocenters. The minimum atomic E-state index is -0.827. The largest absolute Gasteiger partial charge is 0.355 e. The Bertz CT molecular complexity index is 679. The number of likely N-dealkylation sites (tertiary alicyclic amines) is 2. The van der Waals surface area contributed by atoms with Gasteiger partial charge in [0.15, 0.2) is 11.6 Å². The molecule has 2 N–H and O–H groups in total. The van der Waals surface area contributed by atoms with Crippen LogP contribution in [0.15, 0.2) is 18.2 Å². The van der Waals surface area contributed by atoms with E-state index in [9.17, 15) is 13.6 Å². The fourth-order valence-corrected chi connectivity index (χ4v) is 4.66. The molecule has 0 unspecified atom stereocenters. The lowest BCUT2D eigenvalue weighted by Crippen LogP contribution is -2.51. The predicted octanol–water partition coefficient (Wildman–Crippen LogP) is 2.51. The minimum absolute atomic E-state index is 0.0978. The highest BCUT2D eigenvalue weighted by molar-refractivity contribution is 5.82. The number of hydrogen-bond donors (Lipinski definition) is 2. The first-order valence-corrected chi connectivity index (χ1v) is 10.9. The quantitative estimate of drug-likeness (QED) is 0.694. The molecule has 5 nitrogen and oxygen atoms in total. The third-order valence-corrected chi connectivity index (χ3v) is 6.14. The number of nitrogens with one attached hydrogen (secondary N) is 2. The number of amides is 1. The van der Waals surface area contributed by atoms with Crippen molar-refractivity contribution in [2.45, 2.75) is 64.2 Å². The summed E-state index contributed by atoms with van der Waals surface area (Å²) in [6.07, 6.45) is 4.09. The van der Waals surface area contributed by atoms with Crippen LogP contribution in [0.4, 0.5) is 8.78 Å². The molecule has 0 aromatic heterocycles. The fourth-order valence-electron chi connectivity index (χ4n) is 4.66. The lowest BCUT2D eigenvalue weighted by Gasteiger charge is -2.38. The van der Waals surface area contributed by atoms with E-state index in [1.54, 1.807) is 6.07 Å². The van der Waals surface area contributed by atoms with Gasteiger partial charge < -0.3 is 15.5 Å². The summed E-state index contributed by atoms with van der Waals surface area (Å²) in [6, 6.07) is 4.45. The Kier molecular flexibility index (Phi) is 7.98. The molecule has 0 bridgehead atoms. The molecular formula is C22H34F2N4O. The molecule has 1 aromatic carbocycles. The fraction of sp³-hybridized carbons (Fsp3) is 0.682. The van der Waals surface area contributed by atoms with Crippen molar-refractivity contribution in [1.82, 2.24) is 20.4 Å². The zero-order valence-electron chi connectivity index (χ0n) is 17.6. The van der Waals surface area contributed by atoms with E-state index in [0.717, 1.165) is 51.5 Å². The van der Waals surface area contributed by atoms with Crippen LogP contribution in [0.3, 0.4) is 0 Å². The van der Waals surface area contributed by atoms with Crippen molar-refractivity contribution >= 4 is 5.91 Å². The summed E-state index contributed by atoms with van der Waals surface area (Å²) in [5.41, 5.74) is 0.713. The summed E-state index contributed by atoms with van der Waals surface area (Å²) in [5, 5.41) is 6.43. The molecule has 2 saturated heterocycles. The first kappa shape index (κ1) is 22.1. The topological polar surface area (TPSA) is 47.6 Å². The average molecular weight is 409 g/mol. The number of halogens is 2. The van der Waals surface area contributed by atoms with Crippen LogP contribution in [0.25, 0.3) is 0 Å². The molecule has 0 radical (unpaired) electrons. The molecule has 0 aliphatic carbocycles. The van der Waals surface area contributed by atoms with E-state index >= 15 is 0 Å². The number of nitrogens with zero attached hydrogens (tertiary/aromatic N) is 2.